The van der Waals surface area contributed by atoms with Gasteiger partial charge in [-0.05, 0) is 34.0 Å². The Morgan fingerprint density at radius 2 is 2.19 bits per heavy atom. The molecule has 16 heavy (non-hydrogen) atoms. The molecular weight excluding hydrogens is 297 g/mol. The third-order valence-electron chi connectivity index (χ3n) is 2.50. The molecule has 88 valence electrons. The van der Waals surface area contributed by atoms with Gasteiger partial charge in [0, 0.05) is 6.54 Å². The zero-order valence-electron chi connectivity index (χ0n) is 8.63. The number of benzene rings is 1. The topological polar surface area (TPSA) is 46.2 Å². The third kappa shape index (κ3) is 2.08. The summed E-state index contributed by atoms with van der Waals surface area (Å²) < 4.78 is 37.4. The maximum atomic E-state index is 13.3. The monoisotopic (exact) mass is 307 g/mol. The summed E-state index contributed by atoms with van der Waals surface area (Å²) in [7, 11) is -3.33. The fraction of sp³-hybridized carbons (Fsp3) is 0.400. The summed E-state index contributed by atoms with van der Waals surface area (Å²) in [6.45, 7) is 2.38. The predicted octanol–water partition coefficient (Wildman–Crippen LogP) is 2.42. The maximum absolute atomic E-state index is 13.3. The quantitative estimate of drug-likeness (QED) is 0.749. The van der Waals surface area contributed by atoms with Crippen LogP contribution in [0.15, 0.2) is 21.5 Å². The maximum Gasteiger partial charge on any atom is 0.180 e. The number of hydrogen-bond donors (Lipinski definition) is 1. The molecule has 0 bridgehead atoms. The molecule has 1 unspecified atom stereocenters. The van der Waals surface area contributed by atoms with E-state index in [4.69, 9.17) is 0 Å². The van der Waals surface area contributed by atoms with Crippen LogP contribution < -0.4 is 5.32 Å². The molecule has 1 N–H and O–H groups in total. The molecule has 1 aliphatic heterocycles. The second-order valence-corrected chi connectivity index (χ2v) is 6.89. The Hall–Kier alpha value is -0.620. The van der Waals surface area contributed by atoms with Gasteiger partial charge in [0.2, 0.25) is 0 Å². The van der Waals surface area contributed by atoms with Crippen molar-refractivity contribution >= 4 is 31.5 Å². The van der Waals surface area contributed by atoms with Crippen LogP contribution in [-0.4, -0.2) is 20.7 Å². The summed E-state index contributed by atoms with van der Waals surface area (Å²) >= 11 is 3.00. The smallest absolute Gasteiger partial charge is 0.180 e. The van der Waals surface area contributed by atoms with E-state index in [1.54, 1.807) is 0 Å². The van der Waals surface area contributed by atoms with Crippen LogP contribution in [0.3, 0.4) is 0 Å². The Kier molecular flexibility index (Phi) is 2.96. The lowest BCUT2D eigenvalue weighted by molar-refractivity contribution is 0.582. The van der Waals surface area contributed by atoms with Gasteiger partial charge in [-0.1, -0.05) is 6.92 Å². The molecule has 1 atom stereocenters. The summed E-state index contributed by atoms with van der Waals surface area (Å²) in [5, 5.41) is 2.96. The van der Waals surface area contributed by atoms with Crippen LogP contribution in [0.5, 0.6) is 0 Å². The molecule has 6 heteroatoms. The zero-order valence-corrected chi connectivity index (χ0v) is 11.0. The first-order valence-electron chi connectivity index (χ1n) is 4.86. The van der Waals surface area contributed by atoms with Gasteiger partial charge in [0.1, 0.15) is 5.82 Å². The van der Waals surface area contributed by atoms with E-state index >= 15 is 0 Å². The number of fused-ring (bicyclic) bond motifs is 1. The average molecular weight is 308 g/mol. The lowest BCUT2D eigenvalue weighted by atomic mass is 10.2. The summed E-state index contributed by atoms with van der Waals surface area (Å²) in [5.74, 6) is -0.360. The van der Waals surface area contributed by atoms with Gasteiger partial charge in [0.05, 0.1) is 20.8 Å². The van der Waals surface area contributed by atoms with Crippen LogP contribution in [0, 0.1) is 11.7 Å². The fourth-order valence-electron chi connectivity index (χ4n) is 1.73. The van der Waals surface area contributed by atoms with Crippen LogP contribution in [0.4, 0.5) is 10.1 Å². The van der Waals surface area contributed by atoms with Crippen molar-refractivity contribution in [3.05, 3.63) is 22.4 Å². The molecule has 1 heterocycles. The molecule has 0 amide bonds. The number of rotatable bonds is 0. The summed E-state index contributed by atoms with van der Waals surface area (Å²) in [6, 6.07) is 2.54. The van der Waals surface area contributed by atoms with Crippen LogP contribution >= 0.6 is 15.9 Å². The Balaban J connectivity index is 2.64. The van der Waals surface area contributed by atoms with Gasteiger partial charge in [-0.3, -0.25) is 0 Å². The molecule has 0 saturated heterocycles. The van der Waals surface area contributed by atoms with E-state index in [1.807, 2.05) is 6.92 Å². The first-order chi connectivity index (χ1) is 7.40. The molecule has 0 radical (unpaired) electrons. The highest BCUT2D eigenvalue weighted by Gasteiger charge is 2.26. The van der Waals surface area contributed by atoms with E-state index < -0.39 is 15.7 Å². The van der Waals surface area contributed by atoms with E-state index in [1.165, 1.54) is 12.1 Å². The van der Waals surface area contributed by atoms with Crippen LogP contribution in [0.1, 0.15) is 6.92 Å². The zero-order chi connectivity index (χ0) is 11.9. The minimum atomic E-state index is -3.33. The molecule has 2 rings (SSSR count). The van der Waals surface area contributed by atoms with Crippen molar-refractivity contribution in [3.8, 4) is 0 Å². The number of sulfone groups is 1. The molecule has 1 aromatic carbocycles. The molecule has 0 aromatic heterocycles. The van der Waals surface area contributed by atoms with E-state index in [-0.39, 0.29) is 21.0 Å². The SMILES string of the molecule is CC1CNc2cc(F)c(Br)cc2S(=O)(=O)C1. The van der Waals surface area contributed by atoms with Gasteiger partial charge in [0.15, 0.2) is 9.84 Å². The Morgan fingerprint density at radius 1 is 1.50 bits per heavy atom. The van der Waals surface area contributed by atoms with E-state index in [0.717, 1.165) is 0 Å². The molecule has 0 fully saturated rings. The van der Waals surface area contributed by atoms with Gasteiger partial charge in [-0.15, -0.1) is 0 Å². The standard InChI is InChI=1S/C10H11BrFNO2S/c1-6-4-13-9-3-8(12)7(11)2-10(9)16(14,15)5-6/h2-3,6,13H,4-5H2,1H3. The second-order valence-electron chi connectivity index (χ2n) is 4.03. The van der Waals surface area contributed by atoms with Crippen molar-refractivity contribution in [3.63, 3.8) is 0 Å². The normalized spacial score (nSPS) is 23.1. The largest absolute Gasteiger partial charge is 0.384 e. The van der Waals surface area contributed by atoms with Crippen molar-refractivity contribution in [1.82, 2.24) is 0 Å². The molecule has 0 saturated carbocycles. The van der Waals surface area contributed by atoms with Gasteiger partial charge in [-0.25, -0.2) is 12.8 Å². The van der Waals surface area contributed by atoms with Crippen molar-refractivity contribution in [2.75, 3.05) is 17.6 Å². The van der Waals surface area contributed by atoms with Gasteiger partial charge in [-0.2, -0.15) is 0 Å². The average Bonchev–Trinajstić information content (AvgIpc) is 2.27. The number of nitrogens with one attached hydrogen (secondary N) is 1. The number of hydrogen-bond acceptors (Lipinski definition) is 3. The second kappa shape index (κ2) is 4.00. The molecule has 1 aromatic rings. The van der Waals surface area contributed by atoms with Crippen LogP contribution in [-0.2, 0) is 9.84 Å². The first-order valence-corrected chi connectivity index (χ1v) is 7.30. The van der Waals surface area contributed by atoms with Crippen molar-refractivity contribution < 1.29 is 12.8 Å². The summed E-state index contributed by atoms with van der Waals surface area (Å²) in [5.41, 5.74) is 0.352. The molecule has 3 nitrogen and oxygen atoms in total. The van der Waals surface area contributed by atoms with E-state index in [0.29, 0.717) is 12.2 Å². The molecule has 0 aliphatic carbocycles. The number of halogens is 2. The van der Waals surface area contributed by atoms with Crippen LogP contribution in [0.2, 0.25) is 0 Å². The van der Waals surface area contributed by atoms with E-state index in [9.17, 15) is 12.8 Å². The van der Waals surface area contributed by atoms with E-state index in [2.05, 4.69) is 21.2 Å². The Labute approximate surface area is 102 Å². The predicted molar refractivity (Wildman–Crippen MR) is 63.8 cm³/mol. The minimum Gasteiger partial charge on any atom is -0.384 e. The van der Waals surface area contributed by atoms with Gasteiger partial charge < -0.3 is 5.32 Å². The Morgan fingerprint density at radius 3 is 2.88 bits per heavy atom. The summed E-state index contributed by atoms with van der Waals surface area (Å²) in [6.07, 6.45) is 0. The molecular formula is C10H11BrFNO2S. The highest BCUT2D eigenvalue weighted by Crippen LogP contribution is 2.31. The first kappa shape index (κ1) is 11.9. The fourth-order valence-corrected chi connectivity index (χ4v) is 4.04. The molecule has 1 aliphatic rings. The van der Waals surface area contributed by atoms with Gasteiger partial charge in [0.25, 0.3) is 0 Å². The number of anilines is 1. The molecule has 0 spiro atoms. The van der Waals surface area contributed by atoms with Crippen LogP contribution in [0.25, 0.3) is 0 Å². The van der Waals surface area contributed by atoms with Crippen molar-refractivity contribution in [2.24, 2.45) is 5.92 Å². The highest BCUT2D eigenvalue weighted by atomic mass is 79.9. The summed E-state index contributed by atoms with van der Waals surface area (Å²) in [4.78, 5) is 0.171. The Bertz CT molecular complexity index is 530. The lowest BCUT2D eigenvalue weighted by Crippen LogP contribution is -2.15. The van der Waals surface area contributed by atoms with Crippen molar-refractivity contribution in [1.29, 1.82) is 0 Å². The minimum absolute atomic E-state index is 0.0132. The lowest BCUT2D eigenvalue weighted by Gasteiger charge is -2.08. The van der Waals surface area contributed by atoms with Gasteiger partial charge >= 0.3 is 0 Å². The van der Waals surface area contributed by atoms with Crippen molar-refractivity contribution in [2.45, 2.75) is 11.8 Å². The highest BCUT2D eigenvalue weighted by molar-refractivity contribution is 9.10. The third-order valence-corrected chi connectivity index (χ3v) is 5.13.